The van der Waals surface area contributed by atoms with Crippen LogP contribution in [0.3, 0.4) is 0 Å². The molecule has 0 saturated carbocycles. The Morgan fingerprint density at radius 3 is 2.53 bits per heavy atom. The van der Waals surface area contributed by atoms with Crippen LogP contribution in [0.5, 0.6) is 0 Å². The van der Waals surface area contributed by atoms with Crippen LogP contribution < -0.4 is 15.5 Å². The van der Waals surface area contributed by atoms with E-state index in [0.717, 1.165) is 66.6 Å². The van der Waals surface area contributed by atoms with Gasteiger partial charge in [-0.25, -0.2) is 0 Å². The second kappa shape index (κ2) is 17.6. The number of nitrogens with zero attached hydrogens (tertiary/aromatic N) is 2. The van der Waals surface area contributed by atoms with Crippen molar-refractivity contribution in [2.45, 2.75) is 65.3 Å². The average molecular weight is 603 g/mol. The molecule has 2 N–H and O–H groups in total. The van der Waals surface area contributed by atoms with Gasteiger partial charge in [0.25, 0.3) is 0 Å². The fraction of sp³-hybridized carbons (Fsp3) is 0.308. The second-order valence-electron chi connectivity index (χ2n) is 11.2. The molecule has 2 aromatic carbocycles. The van der Waals surface area contributed by atoms with E-state index in [1.54, 1.807) is 6.21 Å². The molecule has 6 nitrogen and oxygen atoms in total. The largest absolute Gasteiger partial charge is 0.353 e. The van der Waals surface area contributed by atoms with Crippen LogP contribution in [0.4, 0.5) is 11.4 Å². The molecule has 0 heterocycles. The molecule has 2 aliphatic rings. The summed E-state index contributed by atoms with van der Waals surface area (Å²) in [5, 5.41) is 6.19. The van der Waals surface area contributed by atoms with Gasteiger partial charge in [0, 0.05) is 17.1 Å². The normalized spacial score (nSPS) is 16.0. The number of amides is 2. The Balaban J connectivity index is 1.52. The SMILES string of the molecule is CC=NC1C=C(NC(=O)CN(CC(=O)Nc2cccc3c2CCC=CC=C3)c2ccc(C=CCCCC)cc2)C=CC=C1CC. The highest BCUT2D eigenvalue weighted by Crippen LogP contribution is 2.25. The lowest BCUT2D eigenvalue weighted by Crippen LogP contribution is -2.41. The fourth-order valence-electron chi connectivity index (χ4n) is 5.45. The lowest BCUT2D eigenvalue weighted by molar-refractivity contribution is -0.119. The van der Waals surface area contributed by atoms with E-state index < -0.39 is 0 Å². The maximum atomic E-state index is 13.5. The van der Waals surface area contributed by atoms with Crippen LogP contribution in [0, 0.1) is 0 Å². The van der Waals surface area contributed by atoms with Crippen LogP contribution >= 0.6 is 0 Å². The van der Waals surface area contributed by atoms with E-state index in [2.05, 4.69) is 72.0 Å². The molecule has 45 heavy (non-hydrogen) atoms. The molecule has 0 radical (unpaired) electrons. The minimum Gasteiger partial charge on any atom is -0.353 e. The molecular formula is C39H46N4O2. The maximum Gasteiger partial charge on any atom is 0.243 e. The zero-order valence-corrected chi connectivity index (χ0v) is 26.8. The molecule has 0 bridgehead atoms. The monoisotopic (exact) mass is 602 g/mol. The van der Waals surface area contributed by atoms with E-state index in [4.69, 9.17) is 0 Å². The zero-order valence-electron chi connectivity index (χ0n) is 26.8. The standard InChI is InChI=1S/C39H46N4O2/c1-4-7-8-11-16-30-23-25-34(26-24-30)43(28-38(44)41-33-20-14-18-31(5-2)37(27-33)40-6-3)29-39(45)42-36-22-15-19-32-17-12-9-10-13-21-35(32)36/h6,9-12,14-20,22-27,37H,4-5,7-8,13,21,28-29H2,1-3H3,(H,41,44)(H,42,45). The highest BCUT2D eigenvalue weighted by Gasteiger charge is 2.19. The fourth-order valence-corrected chi connectivity index (χ4v) is 5.45. The van der Waals surface area contributed by atoms with E-state index in [-0.39, 0.29) is 30.9 Å². The Bertz CT molecular complexity index is 1520. The maximum absolute atomic E-state index is 13.5. The Labute approximate surface area is 268 Å². The number of aliphatic imine (C=N–C) groups is 1. The smallest absolute Gasteiger partial charge is 0.243 e. The Kier molecular flexibility index (Phi) is 12.9. The predicted octanol–water partition coefficient (Wildman–Crippen LogP) is 8.22. The van der Waals surface area contributed by atoms with Gasteiger partial charge >= 0.3 is 0 Å². The van der Waals surface area contributed by atoms with Gasteiger partial charge in [-0.3, -0.25) is 14.6 Å². The molecule has 0 spiro atoms. The van der Waals surface area contributed by atoms with Gasteiger partial charge in [0.2, 0.25) is 11.8 Å². The number of nitrogens with one attached hydrogen (secondary N) is 2. The third-order valence-corrected chi connectivity index (χ3v) is 7.84. The van der Waals surface area contributed by atoms with E-state index >= 15 is 0 Å². The first kappa shape index (κ1) is 33.2. The Morgan fingerprint density at radius 1 is 0.978 bits per heavy atom. The van der Waals surface area contributed by atoms with Crippen molar-refractivity contribution in [3.63, 3.8) is 0 Å². The number of allylic oxidation sites excluding steroid dienone is 7. The lowest BCUT2D eigenvalue weighted by Gasteiger charge is -2.25. The van der Waals surface area contributed by atoms with Crippen LogP contribution in [-0.4, -0.2) is 37.2 Å². The van der Waals surface area contributed by atoms with Crippen molar-refractivity contribution in [3.05, 3.63) is 119 Å². The molecule has 0 aliphatic heterocycles. The number of hydrogen-bond acceptors (Lipinski definition) is 4. The summed E-state index contributed by atoms with van der Waals surface area (Å²) in [4.78, 5) is 33.4. The summed E-state index contributed by atoms with van der Waals surface area (Å²) in [5.74, 6) is -0.382. The van der Waals surface area contributed by atoms with Gasteiger partial charge in [0.1, 0.15) is 0 Å². The van der Waals surface area contributed by atoms with Crippen LogP contribution in [-0.2, 0) is 16.0 Å². The number of unbranched alkanes of at least 4 members (excludes halogenated alkanes) is 2. The van der Waals surface area contributed by atoms with E-state index in [9.17, 15) is 9.59 Å². The number of hydrogen-bond donors (Lipinski definition) is 2. The highest BCUT2D eigenvalue weighted by molar-refractivity contribution is 5.96. The van der Waals surface area contributed by atoms with Crippen molar-refractivity contribution in [2.75, 3.05) is 23.3 Å². The summed E-state index contributed by atoms with van der Waals surface area (Å²) in [6.07, 6.45) is 28.2. The molecule has 4 rings (SSSR count). The summed E-state index contributed by atoms with van der Waals surface area (Å²) in [6.45, 7) is 6.23. The molecule has 0 saturated heterocycles. The number of anilines is 2. The predicted molar refractivity (Wildman–Crippen MR) is 190 cm³/mol. The highest BCUT2D eigenvalue weighted by atomic mass is 16.2. The number of fused-ring (bicyclic) bond motifs is 1. The third-order valence-electron chi connectivity index (χ3n) is 7.84. The van der Waals surface area contributed by atoms with Gasteiger partial charge in [-0.1, -0.05) is 99.6 Å². The first-order valence-corrected chi connectivity index (χ1v) is 16.1. The molecule has 234 valence electrons. The van der Waals surface area contributed by atoms with Crippen molar-refractivity contribution >= 4 is 41.6 Å². The average Bonchev–Trinajstić information content (AvgIpc) is 3.21. The summed E-state index contributed by atoms with van der Waals surface area (Å²) >= 11 is 0. The first-order chi connectivity index (χ1) is 22.0. The molecule has 0 fully saturated rings. The van der Waals surface area contributed by atoms with Crippen molar-refractivity contribution in [3.8, 4) is 0 Å². The zero-order chi connectivity index (χ0) is 31.9. The molecule has 1 unspecified atom stereocenters. The Hall–Kier alpha value is -4.71. The van der Waals surface area contributed by atoms with Gasteiger partial charge in [0.05, 0.1) is 19.1 Å². The molecule has 0 aromatic heterocycles. The van der Waals surface area contributed by atoms with Crippen molar-refractivity contribution < 1.29 is 9.59 Å². The van der Waals surface area contributed by atoms with Gasteiger partial charge in [-0.05, 0) is 91.4 Å². The topological polar surface area (TPSA) is 73.8 Å². The molecule has 2 aliphatic carbocycles. The Morgan fingerprint density at radius 2 is 1.78 bits per heavy atom. The molecular weight excluding hydrogens is 556 g/mol. The number of rotatable bonds is 13. The molecule has 1 atom stereocenters. The van der Waals surface area contributed by atoms with Gasteiger partial charge in [-0.2, -0.15) is 0 Å². The second-order valence-corrected chi connectivity index (χ2v) is 11.2. The van der Waals surface area contributed by atoms with Gasteiger partial charge < -0.3 is 15.5 Å². The summed E-state index contributed by atoms with van der Waals surface area (Å²) in [7, 11) is 0. The molecule has 6 heteroatoms. The van der Waals surface area contributed by atoms with Crippen LogP contribution in [0.15, 0.2) is 107 Å². The quantitative estimate of drug-likeness (QED) is 0.179. The van der Waals surface area contributed by atoms with Crippen LogP contribution in [0.1, 0.15) is 69.6 Å². The summed E-state index contributed by atoms with van der Waals surface area (Å²) < 4.78 is 0. The summed E-state index contributed by atoms with van der Waals surface area (Å²) in [6, 6.07) is 13.9. The minimum absolute atomic E-state index is 0.0144. The van der Waals surface area contributed by atoms with Gasteiger partial charge in [-0.15, -0.1) is 0 Å². The molecule has 2 aromatic rings. The minimum atomic E-state index is -0.205. The molecule has 2 amide bonds. The number of benzene rings is 2. The van der Waals surface area contributed by atoms with Crippen molar-refractivity contribution in [2.24, 2.45) is 4.99 Å². The van der Waals surface area contributed by atoms with Crippen LogP contribution in [0.2, 0.25) is 0 Å². The summed E-state index contributed by atoms with van der Waals surface area (Å²) in [5.41, 5.74) is 6.79. The van der Waals surface area contributed by atoms with Crippen LogP contribution in [0.25, 0.3) is 12.2 Å². The lowest BCUT2D eigenvalue weighted by atomic mass is 9.98. The van der Waals surface area contributed by atoms with Gasteiger partial charge in [0.15, 0.2) is 0 Å². The first-order valence-electron chi connectivity index (χ1n) is 16.1. The van der Waals surface area contributed by atoms with E-state index in [0.29, 0.717) is 5.70 Å². The van der Waals surface area contributed by atoms with Crippen molar-refractivity contribution in [1.82, 2.24) is 5.32 Å². The van der Waals surface area contributed by atoms with Crippen molar-refractivity contribution in [1.29, 1.82) is 0 Å². The number of carbonyl (C=O) groups is 2. The number of carbonyl (C=O) groups excluding carboxylic acids is 2. The third kappa shape index (κ3) is 10.2. The van der Waals surface area contributed by atoms with E-state index in [1.165, 1.54) is 5.57 Å². The van der Waals surface area contributed by atoms with E-state index in [1.807, 2.05) is 72.5 Å².